The van der Waals surface area contributed by atoms with E-state index in [1.54, 1.807) is 0 Å². The number of sulfonamides is 1. The highest BCUT2D eigenvalue weighted by Gasteiger charge is 2.13. The van der Waals surface area contributed by atoms with E-state index in [0.717, 1.165) is 0 Å². The largest absolute Gasteiger partial charge is 0.384 e. The number of nitrogens with zero attached hydrogens (tertiary/aromatic N) is 2. The Morgan fingerprint density at radius 2 is 2.13 bits per heavy atom. The molecule has 0 atom stereocenters. The fraction of sp³-hybridized carbons (Fsp3) is 0.429. The van der Waals surface area contributed by atoms with Crippen molar-refractivity contribution in [1.29, 1.82) is 0 Å². The van der Waals surface area contributed by atoms with Crippen molar-refractivity contribution < 1.29 is 13.2 Å². The van der Waals surface area contributed by atoms with Gasteiger partial charge in [-0.15, -0.1) is 0 Å². The molecule has 0 unspecified atom stereocenters. The molecule has 0 amide bonds. The predicted molar refractivity (Wildman–Crippen MR) is 56.3 cm³/mol. The van der Waals surface area contributed by atoms with Gasteiger partial charge in [0.1, 0.15) is 0 Å². The van der Waals surface area contributed by atoms with Crippen LogP contribution in [-0.2, 0) is 14.8 Å². The Bertz CT molecular complexity index is 423. The number of halogens is 1. The van der Waals surface area contributed by atoms with Crippen LogP contribution in [0, 0.1) is 0 Å². The summed E-state index contributed by atoms with van der Waals surface area (Å²) in [6.07, 6.45) is 2.72. The summed E-state index contributed by atoms with van der Waals surface area (Å²) in [5, 5.41) is 0.0125. The van der Waals surface area contributed by atoms with Crippen molar-refractivity contribution in [3.8, 4) is 0 Å². The molecule has 1 heterocycles. The lowest BCUT2D eigenvalue weighted by molar-refractivity contribution is 0.217. The van der Waals surface area contributed by atoms with Gasteiger partial charge in [0.25, 0.3) is 0 Å². The summed E-state index contributed by atoms with van der Waals surface area (Å²) in [7, 11) is -2.06. The second-order valence-electron chi connectivity index (χ2n) is 2.61. The summed E-state index contributed by atoms with van der Waals surface area (Å²) in [4.78, 5) is 7.43. The number of hydrogen-bond donors (Lipinski definition) is 1. The van der Waals surface area contributed by atoms with Crippen molar-refractivity contribution in [2.24, 2.45) is 0 Å². The summed E-state index contributed by atoms with van der Waals surface area (Å²) >= 11 is 5.63. The van der Waals surface area contributed by atoms with Gasteiger partial charge in [0, 0.05) is 19.5 Å². The maximum absolute atomic E-state index is 11.4. The van der Waals surface area contributed by atoms with Crippen molar-refractivity contribution in [3.05, 3.63) is 17.5 Å². The molecule has 0 saturated carbocycles. The lowest BCUT2D eigenvalue weighted by Gasteiger charge is -2.06. The number of methoxy groups -OCH3 is 1. The Morgan fingerprint density at radius 1 is 1.47 bits per heavy atom. The molecule has 0 bridgehead atoms. The Balaban J connectivity index is 2.74. The summed E-state index contributed by atoms with van der Waals surface area (Å²) in [5.41, 5.74) is 0. The van der Waals surface area contributed by atoms with Crippen LogP contribution in [0.4, 0.5) is 5.82 Å². The van der Waals surface area contributed by atoms with E-state index in [2.05, 4.69) is 19.4 Å². The first-order chi connectivity index (χ1) is 7.05. The Kier molecular flexibility index (Phi) is 4.25. The highest BCUT2D eigenvalue weighted by Crippen LogP contribution is 2.15. The molecule has 0 aromatic carbocycles. The average molecular weight is 252 g/mol. The van der Waals surface area contributed by atoms with Crippen LogP contribution in [0.25, 0.3) is 0 Å². The van der Waals surface area contributed by atoms with Gasteiger partial charge >= 0.3 is 0 Å². The van der Waals surface area contributed by atoms with Crippen LogP contribution in [-0.4, -0.2) is 37.9 Å². The molecule has 1 rings (SSSR count). The minimum atomic E-state index is -3.48. The number of nitrogens with one attached hydrogen (secondary N) is 1. The van der Waals surface area contributed by atoms with E-state index in [1.165, 1.54) is 19.5 Å². The molecule has 84 valence electrons. The standard InChI is InChI=1S/C7H10ClN3O3S/c1-14-4-5-15(12,13)11-7-6(8)9-2-3-10-7/h2-3H,4-5H2,1H3,(H,10,11). The number of anilines is 1. The van der Waals surface area contributed by atoms with E-state index in [-0.39, 0.29) is 23.3 Å². The van der Waals surface area contributed by atoms with E-state index >= 15 is 0 Å². The quantitative estimate of drug-likeness (QED) is 0.825. The van der Waals surface area contributed by atoms with Gasteiger partial charge in [-0.05, 0) is 0 Å². The molecule has 15 heavy (non-hydrogen) atoms. The van der Waals surface area contributed by atoms with E-state index in [1.807, 2.05) is 0 Å². The zero-order valence-electron chi connectivity index (χ0n) is 7.97. The highest BCUT2D eigenvalue weighted by atomic mass is 35.5. The van der Waals surface area contributed by atoms with Crippen LogP contribution in [0.1, 0.15) is 0 Å². The van der Waals surface area contributed by atoms with Gasteiger partial charge in [-0.25, -0.2) is 18.4 Å². The highest BCUT2D eigenvalue weighted by molar-refractivity contribution is 7.92. The fourth-order valence-corrected chi connectivity index (χ4v) is 1.92. The monoisotopic (exact) mass is 251 g/mol. The summed E-state index contributed by atoms with van der Waals surface area (Å²) < 4.78 is 29.7. The molecule has 1 N–H and O–H groups in total. The Labute approximate surface area is 92.7 Å². The third kappa shape index (κ3) is 3.98. The topological polar surface area (TPSA) is 81.2 Å². The molecule has 8 heteroatoms. The molecule has 0 aliphatic rings. The summed E-state index contributed by atoms with van der Waals surface area (Å²) in [6, 6.07) is 0. The SMILES string of the molecule is COCCS(=O)(=O)Nc1nccnc1Cl. The third-order valence-electron chi connectivity index (χ3n) is 1.46. The maximum Gasteiger partial charge on any atom is 0.236 e. The first kappa shape index (κ1) is 12.2. The zero-order chi connectivity index (χ0) is 11.3. The molecule has 0 aliphatic carbocycles. The third-order valence-corrected chi connectivity index (χ3v) is 2.95. The molecule has 6 nitrogen and oxygen atoms in total. The number of rotatable bonds is 5. The Hall–Kier alpha value is -0.920. The molecule has 0 fully saturated rings. The lowest BCUT2D eigenvalue weighted by Crippen LogP contribution is -2.20. The smallest absolute Gasteiger partial charge is 0.236 e. The van der Waals surface area contributed by atoms with Gasteiger partial charge < -0.3 is 4.74 Å². The van der Waals surface area contributed by atoms with Crippen molar-refractivity contribution in [1.82, 2.24) is 9.97 Å². The summed E-state index contributed by atoms with van der Waals surface area (Å²) in [6.45, 7) is 0.104. The minimum Gasteiger partial charge on any atom is -0.384 e. The van der Waals surface area contributed by atoms with E-state index in [4.69, 9.17) is 11.6 Å². The number of ether oxygens (including phenoxy) is 1. The van der Waals surface area contributed by atoms with Crippen molar-refractivity contribution in [2.45, 2.75) is 0 Å². The molecule has 0 spiro atoms. The predicted octanol–water partition coefficient (Wildman–Crippen LogP) is 0.518. The van der Waals surface area contributed by atoms with E-state index in [9.17, 15) is 8.42 Å². The zero-order valence-corrected chi connectivity index (χ0v) is 9.55. The van der Waals surface area contributed by atoms with Crippen molar-refractivity contribution in [2.75, 3.05) is 24.2 Å². The second-order valence-corrected chi connectivity index (χ2v) is 4.81. The Morgan fingerprint density at radius 3 is 2.73 bits per heavy atom. The molecule has 0 saturated heterocycles. The van der Waals surface area contributed by atoms with Gasteiger partial charge in [0.2, 0.25) is 10.0 Å². The average Bonchev–Trinajstić information content (AvgIpc) is 2.18. The fourth-order valence-electron chi connectivity index (χ4n) is 0.781. The molecular weight excluding hydrogens is 242 g/mol. The van der Waals surface area contributed by atoms with Gasteiger partial charge in [-0.3, -0.25) is 4.72 Å². The van der Waals surface area contributed by atoms with Crippen LogP contribution in [0.15, 0.2) is 12.4 Å². The molecule has 1 aromatic heterocycles. The van der Waals surface area contributed by atoms with Crippen molar-refractivity contribution >= 4 is 27.4 Å². The van der Waals surface area contributed by atoms with Gasteiger partial charge in [0.05, 0.1) is 12.4 Å². The van der Waals surface area contributed by atoms with Crippen LogP contribution in [0.3, 0.4) is 0 Å². The van der Waals surface area contributed by atoms with Gasteiger partial charge in [0.15, 0.2) is 11.0 Å². The normalized spacial score (nSPS) is 11.3. The van der Waals surface area contributed by atoms with Gasteiger partial charge in [-0.1, -0.05) is 11.6 Å². The molecular formula is C7H10ClN3O3S. The van der Waals surface area contributed by atoms with Crippen LogP contribution in [0.2, 0.25) is 5.15 Å². The van der Waals surface area contributed by atoms with Crippen molar-refractivity contribution in [3.63, 3.8) is 0 Å². The minimum absolute atomic E-state index is 0.0125. The molecule has 1 aromatic rings. The lowest BCUT2D eigenvalue weighted by atomic mass is 10.7. The maximum atomic E-state index is 11.4. The number of hydrogen-bond acceptors (Lipinski definition) is 5. The van der Waals surface area contributed by atoms with E-state index < -0.39 is 10.0 Å². The first-order valence-corrected chi connectivity index (χ1v) is 6.04. The van der Waals surface area contributed by atoms with E-state index in [0.29, 0.717) is 0 Å². The molecule has 0 aliphatic heterocycles. The van der Waals surface area contributed by atoms with Gasteiger partial charge in [-0.2, -0.15) is 0 Å². The first-order valence-electron chi connectivity index (χ1n) is 4.01. The van der Waals surface area contributed by atoms with Crippen LogP contribution < -0.4 is 4.72 Å². The van der Waals surface area contributed by atoms with Crippen LogP contribution in [0.5, 0.6) is 0 Å². The van der Waals surface area contributed by atoms with Crippen LogP contribution >= 0.6 is 11.6 Å². The summed E-state index contributed by atoms with van der Waals surface area (Å²) in [5.74, 6) is -0.133. The molecule has 0 radical (unpaired) electrons. The number of aromatic nitrogens is 2. The second kappa shape index (κ2) is 5.24.